The summed E-state index contributed by atoms with van der Waals surface area (Å²) < 4.78 is 5.14. The molecule has 0 aliphatic heterocycles. The van der Waals surface area contributed by atoms with Crippen molar-refractivity contribution in [2.24, 2.45) is 0 Å². The number of rotatable bonds is 1. The molecule has 0 aliphatic carbocycles. The van der Waals surface area contributed by atoms with Crippen molar-refractivity contribution in [3.63, 3.8) is 0 Å². The summed E-state index contributed by atoms with van der Waals surface area (Å²) in [5.41, 5.74) is 8.44. The second kappa shape index (κ2) is 3.18. The van der Waals surface area contributed by atoms with Gasteiger partial charge in [-0.3, -0.25) is 4.98 Å². The zero-order chi connectivity index (χ0) is 10.1. The molecule has 2 rings (SSSR count). The van der Waals surface area contributed by atoms with Gasteiger partial charge >= 0.3 is 0 Å². The normalized spacial score (nSPS) is 10.4. The van der Waals surface area contributed by atoms with Crippen LogP contribution < -0.4 is 10.5 Å². The molecule has 1 aromatic heterocycles. The Bertz CT molecular complexity index is 480. The third kappa shape index (κ3) is 1.37. The lowest BCUT2D eigenvalue weighted by Gasteiger charge is -2.05. The van der Waals surface area contributed by atoms with E-state index in [-0.39, 0.29) is 0 Å². The Morgan fingerprint density at radius 3 is 2.79 bits per heavy atom. The first-order valence-electron chi connectivity index (χ1n) is 4.40. The van der Waals surface area contributed by atoms with Gasteiger partial charge in [0.25, 0.3) is 0 Å². The van der Waals surface area contributed by atoms with E-state index in [2.05, 4.69) is 4.98 Å². The number of nitrogen functional groups attached to an aromatic ring is 1. The molecule has 1 heterocycles. The highest BCUT2D eigenvalue weighted by atomic mass is 16.5. The largest absolute Gasteiger partial charge is 0.497 e. The van der Waals surface area contributed by atoms with Crippen LogP contribution in [-0.2, 0) is 0 Å². The van der Waals surface area contributed by atoms with Crippen LogP contribution >= 0.6 is 0 Å². The van der Waals surface area contributed by atoms with E-state index in [1.54, 1.807) is 13.2 Å². The number of benzene rings is 1. The lowest BCUT2D eigenvalue weighted by molar-refractivity contribution is 0.415. The van der Waals surface area contributed by atoms with Gasteiger partial charge in [0, 0.05) is 17.6 Å². The van der Waals surface area contributed by atoms with Crippen LogP contribution in [0.4, 0.5) is 5.69 Å². The fourth-order valence-corrected chi connectivity index (χ4v) is 1.48. The number of aromatic nitrogens is 1. The smallest absolute Gasteiger partial charge is 0.121 e. The van der Waals surface area contributed by atoms with Gasteiger partial charge in [-0.15, -0.1) is 0 Å². The molecule has 0 fully saturated rings. The van der Waals surface area contributed by atoms with Crippen molar-refractivity contribution in [1.82, 2.24) is 4.98 Å². The van der Waals surface area contributed by atoms with E-state index in [0.717, 1.165) is 22.2 Å². The first kappa shape index (κ1) is 8.81. The molecule has 1 aromatic carbocycles. The summed E-state index contributed by atoms with van der Waals surface area (Å²) in [6.45, 7) is 2.00. The van der Waals surface area contributed by atoms with Crippen molar-refractivity contribution in [2.45, 2.75) is 6.92 Å². The van der Waals surface area contributed by atoms with Gasteiger partial charge in [0.15, 0.2) is 0 Å². The van der Waals surface area contributed by atoms with E-state index in [9.17, 15) is 0 Å². The van der Waals surface area contributed by atoms with Crippen LogP contribution in [0.3, 0.4) is 0 Å². The first-order chi connectivity index (χ1) is 6.70. The average Bonchev–Trinajstić information content (AvgIpc) is 2.16. The van der Waals surface area contributed by atoms with Crippen LogP contribution in [0.25, 0.3) is 10.9 Å². The molecule has 0 spiro atoms. The van der Waals surface area contributed by atoms with Crippen molar-refractivity contribution < 1.29 is 4.74 Å². The number of anilines is 1. The number of pyridine rings is 1. The average molecular weight is 188 g/mol. The lowest BCUT2D eigenvalue weighted by Crippen LogP contribution is -1.92. The molecular formula is C11H12N2O. The highest BCUT2D eigenvalue weighted by molar-refractivity contribution is 5.91. The minimum atomic E-state index is 0.652. The Balaban J connectivity index is 2.77. The van der Waals surface area contributed by atoms with Crippen molar-refractivity contribution in [3.05, 3.63) is 30.0 Å². The first-order valence-corrected chi connectivity index (χ1v) is 4.40. The van der Waals surface area contributed by atoms with Crippen molar-refractivity contribution in [3.8, 4) is 5.75 Å². The van der Waals surface area contributed by atoms with Crippen LogP contribution in [0.15, 0.2) is 24.4 Å². The van der Waals surface area contributed by atoms with E-state index in [4.69, 9.17) is 10.5 Å². The number of nitrogens with zero attached hydrogens (tertiary/aromatic N) is 1. The molecule has 0 saturated heterocycles. The minimum Gasteiger partial charge on any atom is -0.497 e. The summed E-state index contributed by atoms with van der Waals surface area (Å²) in [6, 6.07) is 5.76. The minimum absolute atomic E-state index is 0.652. The van der Waals surface area contributed by atoms with Crippen molar-refractivity contribution in [2.75, 3.05) is 12.8 Å². The maximum Gasteiger partial charge on any atom is 0.121 e. The van der Waals surface area contributed by atoms with Gasteiger partial charge in [-0.05, 0) is 24.6 Å². The molecule has 72 valence electrons. The van der Waals surface area contributed by atoms with E-state index < -0.39 is 0 Å². The predicted octanol–water partition coefficient (Wildman–Crippen LogP) is 2.13. The summed E-state index contributed by atoms with van der Waals surface area (Å²) in [7, 11) is 1.63. The molecule has 3 heteroatoms. The molecule has 0 atom stereocenters. The van der Waals surface area contributed by atoms with Gasteiger partial charge in [0.2, 0.25) is 0 Å². The highest BCUT2D eigenvalue weighted by Gasteiger charge is 2.02. The number of fused-ring (bicyclic) bond motifs is 1. The van der Waals surface area contributed by atoms with Crippen molar-refractivity contribution >= 4 is 16.6 Å². The second-order valence-corrected chi connectivity index (χ2v) is 3.30. The molecule has 2 aromatic rings. The number of nitrogens with two attached hydrogens (primary N) is 1. The van der Waals surface area contributed by atoms with Crippen LogP contribution in [0.5, 0.6) is 5.75 Å². The van der Waals surface area contributed by atoms with Crippen LogP contribution in [0.2, 0.25) is 0 Å². The number of methoxy groups -OCH3 is 1. The lowest BCUT2D eigenvalue weighted by atomic mass is 10.1. The van der Waals surface area contributed by atoms with Crippen LogP contribution in [-0.4, -0.2) is 12.1 Å². The Morgan fingerprint density at radius 1 is 1.29 bits per heavy atom. The maximum atomic E-state index is 5.84. The van der Waals surface area contributed by atoms with Crippen LogP contribution in [0.1, 0.15) is 5.56 Å². The predicted molar refractivity (Wildman–Crippen MR) is 57.4 cm³/mol. The Morgan fingerprint density at radius 2 is 2.07 bits per heavy atom. The summed E-state index contributed by atoms with van der Waals surface area (Å²) in [5.74, 6) is 0.766. The molecule has 3 nitrogen and oxygen atoms in total. The SMILES string of the molecule is COc1cc(N)c2ncc(C)cc2c1. The summed E-state index contributed by atoms with van der Waals surface area (Å²) >= 11 is 0. The van der Waals surface area contributed by atoms with Crippen molar-refractivity contribution in [1.29, 1.82) is 0 Å². The third-order valence-corrected chi connectivity index (χ3v) is 2.16. The van der Waals surface area contributed by atoms with Gasteiger partial charge in [-0.25, -0.2) is 0 Å². The molecule has 14 heavy (non-hydrogen) atoms. The van der Waals surface area contributed by atoms with Crippen LogP contribution in [0, 0.1) is 6.92 Å². The van der Waals surface area contributed by atoms with Gasteiger partial charge in [-0.1, -0.05) is 0 Å². The second-order valence-electron chi connectivity index (χ2n) is 3.30. The zero-order valence-corrected chi connectivity index (χ0v) is 8.24. The molecule has 0 radical (unpaired) electrons. The maximum absolute atomic E-state index is 5.84. The molecule has 0 aliphatic rings. The van der Waals surface area contributed by atoms with Gasteiger partial charge < -0.3 is 10.5 Å². The fraction of sp³-hybridized carbons (Fsp3) is 0.182. The third-order valence-electron chi connectivity index (χ3n) is 2.16. The molecule has 0 unspecified atom stereocenters. The quantitative estimate of drug-likeness (QED) is 0.697. The molecule has 2 N–H and O–H groups in total. The zero-order valence-electron chi connectivity index (χ0n) is 8.24. The number of hydrogen-bond donors (Lipinski definition) is 1. The van der Waals surface area contributed by atoms with E-state index in [0.29, 0.717) is 5.69 Å². The molecule has 0 bridgehead atoms. The standard InChI is InChI=1S/C11H12N2O/c1-7-3-8-4-9(14-2)5-10(12)11(8)13-6-7/h3-6H,12H2,1-2H3. The van der Waals surface area contributed by atoms with E-state index in [1.165, 1.54) is 0 Å². The van der Waals surface area contributed by atoms with Gasteiger partial charge in [0.1, 0.15) is 5.75 Å². The Labute approximate surface area is 82.5 Å². The monoisotopic (exact) mass is 188 g/mol. The van der Waals surface area contributed by atoms with E-state index in [1.807, 2.05) is 25.3 Å². The van der Waals surface area contributed by atoms with Gasteiger partial charge in [-0.2, -0.15) is 0 Å². The summed E-state index contributed by atoms with van der Waals surface area (Å²) in [6.07, 6.45) is 1.81. The topological polar surface area (TPSA) is 48.1 Å². The summed E-state index contributed by atoms with van der Waals surface area (Å²) in [5, 5.41) is 1.02. The fourth-order valence-electron chi connectivity index (χ4n) is 1.48. The summed E-state index contributed by atoms with van der Waals surface area (Å²) in [4.78, 5) is 4.28. The molecule has 0 saturated carbocycles. The Hall–Kier alpha value is -1.77. The number of aryl methyl sites for hydroxylation is 1. The Kier molecular flexibility index (Phi) is 2.00. The molecular weight excluding hydrogens is 176 g/mol. The molecule has 0 amide bonds. The highest BCUT2D eigenvalue weighted by Crippen LogP contribution is 2.25. The number of ether oxygens (including phenoxy) is 1. The van der Waals surface area contributed by atoms with Gasteiger partial charge in [0.05, 0.1) is 18.3 Å². The number of hydrogen-bond acceptors (Lipinski definition) is 3. The van der Waals surface area contributed by atoms with E-state index >= 15 is 0 Å².